The molecule has 0 aliphatic carbocycles. The summed E-state index contributed by atoms with van der Waals surface area (Å²) in [6.07, 6.45) is 2.79. The van der Waals surface area contributed by atoms with Crippen molar-refractivity contribution < 1.29 is 14.2 Å². The highest BCUT2D eigenvalue weighted by Crippen LogP contribution is 2.40. The number of aromatic nitrogens is 2. The van der Waals surface area contributed by atoms with Gasteiger partial charge in [0, 0.05) is 36.5 Å². The summed E-state index contributed by atoms with van der Waals surface area (Å²) >= 11 is 0. The maximum Gasteiger partial charge on any atom is 0.257 e. The van der Waals surface area contributed by atoms with Crippen LogP contribution < -0.4 is 25.1 Å². The Morgan fingerprint density at radius 3 is 2.30 bits per heavy atom. The molecule has 0 amide bonds. The third-order valence-corrected chi connectivity index (χ3v) is 5.46. The van der Waals surface area contributed by atoms with Crippen molar-refractivity contribution in [3.05, 3.63) is 39.8 Å². The third kappa shape index (κ3) is 3.55. The largest absolute Gasteiger partial charge is 0.496 e. The maximum absolute atomic E-state index is 12.9. The van der Waals surface area contributed by atoms with E-state index >= 15 is 0 Å². The van der Waals surface area contributed by atoms with E-state index in [0.29, 0.717) is 40.4 Å². The van der Waals surface area contributed by atoms with E-state index in [9.17, 15) is 4.79 Å². The molecule has 2 aliphatic rings. The molecule has 0 saturated carbocycles. The van der Waals surface area contributed by atoms with Crippen molar-refractivity contribution >= 4 is 11.9 Å². The molecule has 4 rings (SSSR count). The fourth-order valence-corrected chi connectivity index (χ4v) is 3.97. The summed E-state index contributed by atoms with van der Waals surface area (Å²) < 4.78 is 18.1. The van der Waals surface area contributed by atoms with Gasteiger partial charge in [-0.3, -0.25) is 14.7 Å². The number of aliphatic imine (C=N–C) groups is 1. The van der Waals surface area contributed by atoms with Crippen LogP contribution in [-0.2, 0) is 0 Å². The molecule has 1 atom stereocenters. The lowest BCUT2D eigenvalue weighted by Crippen LogP contribution is -2.45. The molecule has 1 unspecified atom stereocenters. The topological polar surface area (TPSA) is 90.2 Å². The summed E-state index contributed by atoms with van der Waals surface area (Å²) in [7, 11) is 4.72. The van der Waals surface area contributed by atoms with Gasteiger partial charge in [-0.25, -0.2) is 9.98 Å². The number of ether oxygens (including phenoxy) is 3. The van der Waals surface area contributed by atoms with Gasteiger partial charge >= 0.3 is 0 Å². The fourth-order valence-electron chi connectivity index (χ4n) is 3.97. The van der Waals surface area contributed by atoms with Gasteiger partial charge < -0.3 is 19.1 Å². The van der Waals surface area contributed by atoms with E-state index in [1.54, 1.807) is 38.0 Å². The van der Waals surface area contributed by atoms with E-state index in [4.69, 9.17) is 19.2 Å². The Kier molecular flexibility index (Phi) is 5.52. The summed E-state index contributed by atoms with van der Waals surface area (Å²) in [5, 5.41) is 3.27. The molecule has 30 heavy (non-hydrogen) atoms. The van der Waals surface area contributed by atoms with Crippen molar-refractivity contribution in [3.63, 3.8) is 0 Å². The summed E-state index contributed by atoms with van der Waals surface area (Å²) in [5.41, 5.74) is 1.16. The van der Waals surface area contributed by atoms with Crippen molar-refractivity contribution in [2.75, 3.05) is 39.7 Å². The summed E-state index contributed by atoms with van der Waals surface area (Å²) in [6.45, 7) is 3.64. The molecule has 9 heteroatoms. The van der Waals surface area contributed by atoms with E-state index in [2.05, 4.69) is 15.2 Å². The Hall–Kier alpha value is -3.23. The second kappa shape index (κ2) is 8.25. The van der Waals surface area contributed by atoms with Crippen molar-refractivity contribution in [2.45, 2.75) is 32.4 Å². The van der Waals surface area contributed by atoms with E-state index in [-0.39, 0.29) is 5.56 Å². The first-order valence-electron chi connectivity index (χ1n) is 10.1. The van der Waals surface area contributed by atoms with Crippen LogP contribution in [0.4, 0.5) is 5.95 Å². The maximum atomic E-state index is 12.9. The van der Waals surface area contributed by atoms with Crippen molar-refractivity contribution in [1.82, 2.24) is 14.5 Å². The minimum Gasteiger partial charge on any atom is -0.496 e. The van der Waals surface area contributed by atoms with Crippen LogP contribution >= 0.6 is 0 Å². The minimum absolute atomic E-state index is 0.187. The van der Waals surface area contributed by atoms with Gasteiger partial charge in [-0.2, -0.15) is 0 Å². The summed E-state index contributed by atoms with van der Waals surface area (Å²) in [6, 6.07) is 5.06. The van der Waals surface area contributed by atoms with Crippen LogP contribution in [0.2, 0.25) is 0 Å². The Labute approximate surface area is 175 Å². The average Bonchev–Trinajstić information content (AvgIpc) is 2.77. The molecule has 0 bridgehead atoms. The average molecular weight is 413 g/mol. The zero-order valence-corrected chi connectivity index (χ0v) is 17.8. The van der Waals surface area contributed by atoms with Crippen LogP contribution in [0.5, 0.6) is 17.2 Å². The van der Waals surface area contributed by atoms with Gasteiger partial charge in [0.15, 0.2) is 17.7 Å². The highest BCUT2D eigenvalue weighted by Gasteiger charge is 2.31. The van der Waals surface area contributed by atoms with Crippen LogP contribution in [0.1, 0.15) is 36.7 Å². The lowest BCUT2D eigenvalue weighted by molar-refractivity contribution is 0.333. The Balaban J connectivity index is 1.90. The molecule has 1 aromatic carbocycles. The highest BCUT2D eigenvalue weighted by molar-refractivity contribution is 5.93. The molecule has 0 radical (unpaired) electrons. The smallest absolute Gasteiger partial charge is 0.257 e. The lowest BCUT2D eigenvalue weighted by atomic mass is 10.1. The summed E-state index contributed by atoms with van der Waals surface area (Å²) in [5.74, 6) is 2.82. The Morgan fingerprint density at radius 1 is 0.967 bits per heavy atom. The molecule has 1 saturated heterocycles. The monoisotopic (exact) mass is 413 g/mol. The van der Waals surface area contributed by atoms with Gasteiger partial charge in [0.05, 0.1) is 21.3 Å². The third-order valence-electron chi connectivity index (χ3n) is 5.46. The molecule has 2 aromatic rings. The predicted molar refractivity (Wildman–Crippen MR) is 114 cm³/mol. The minimum atomic E-state index is -0.645. The molecular formula is C21H27N5O4. The zero-order chi connectivity index (χ0) is 21.3. The van der Waals surface area contributed by atoms with Crippen LogP contribution in [-0.4, -0.2) is 54.8 Å². The van der Waals surface area contributed by atoms with Gasteiger partial charge in [0.1, 0.15) is 5.75 Å². The molecule has 2 aliphatic heterocycles. The second-order valence-electron chi connectivity index (χ2n) is 7.38. The molecule has 1 N–H and O–H groups in total. The van der Waals surface area contributed by atoms with Gasteiger partial charge in [0.2, 0.25) is 11.9 Å². The van der Waals surface area contributed by atoms with Crippen molar-refractivity contribution in [1.29, 1.82) is 0 Å². The number of fused-ring (bicyclic) bond motifs is 1. The molecule has 3 heterocycles. The van der Waals surface area contributed by atoms with Gasteiger partial charge in [-0.15, -0.1) is 0 Å². The van der Waals surface area contributed by atoms with Gasteiger partial charge in [-0.1, -0.05) is 0 Å². The number of nitrogens with one attached hydrogen (secondary N) is 1. The number of piperidine rings is 1. The summed E-state index contributed by atoms with van der Waals surface area (Å²) in [4.78, 5) is 24.6. The molecular weight excluding hydrogens is 386 g/mol. The first-order chi connectivity index (χ1) is 14.5. The SMILES string of the molecule is COc1cc(OC)c(C2N=C(N3CCCCC3)Nc3nc(C)cc(=O)n32)cc1OC. The van der Waals surface area contributed by atoms with Crippen LogP contribution in [0.15, 0.2) is 28.0 Å². The number of benzene rings is 1. The van der Waals surface area contributed by atoms with E-state index in [0.717, 1.165) is 25.9 Å². The molecule has 1 fully saturated rings. The van der Waals surface area contributed by atoms with E-state index in [1.165, 1.54) is 12.5 Å². The van der Waals surface area contributed by atoms with E-state index < -0.39 is 6.17 Å². The number of rotatable bonds is 4. The number of nitrogens with zero attached hydrogens (tertiary/aromatic N) is 4. The molecule has 9 nitrogen and oxygen atoms in total. The molecule has 0 spiro atoms. The van der Waals surface area contributed by atoms with Crippen LogP contribution in [0, 0.1) is 6.92 Å². The number of anilines is 1. The van der Waals surface area contributed by atoms with Crippen molar-refractivity contribution in [2.24, 2.45) is 4.99 Å². The first kappa shape index (κ1) is 20.1. The zero-order valence-electron chi connectivity index (χ0n) is 17.8. The highest BCUT2D eigenvalue weighted by atomic mass is 16.5. The molecule has 160 valence electrons. The van der Waals surface area contributed by atoms with Crippen LogP contribution in [0.3, 0.4) is 0 Å². The fraction of sp³-hybridized carbons (Fsp3) is 0.476. The number of methoxy groups -OCH3 is 3. The standard InChI is InChI=1S/C21H27N5O4/c1-13-10-18(27)26-19(14-11-16(29-3)17(30-4)12-15(14)28-2)23-20(24-21(26)22-13)25-8-6-5-7-9-25/h10-12,19H,5-9H2,1-4H3,(H,22,23,24). The predicted octanol–water partition coefficient (Wildman–Crippen LogP) is 2.39. The normalized spacial score (nSPS) is 18.2. The Bertz CT molecular complexity index is 1030. The number of hydrogen-bond acceptors (Lipinski definition) is 8. The van der Waals surface area contributed by atoms with E-state index in [1.807, 2.05) is 6.92 Å². The van der Waals surface area contributed by atoms with Crippen LogP contribution in [0.25, 0.3) is 0 Å². The number of aryl methyl sites for hydroxylation is 1. The second-order valence-corrected chi connectivity index (χ2v) is 7.38. The number of guanidine groups is 1. The van der Waals surface area contributed by atoms with Crippen molar-refractivity contribution in [3.8, 4) is 17.2 Å². The first-order valence-corrected chi connectivity index (χ1v) is 10.1. The van der Waals surface area contributed by atoms with Gasteiger partial charge in [0.25, 0.3) is 5.56 Å². The van der Waals surface area contributed by atoms with Gasteiger partial charge in [-0.05, 0) is 32.3 Å². The number of likely N-dealkylation sites (tertiary alicyclic amines) is 1. The molecule has 1 aromatic heterocycles. The quantitative estimate of drug-likeness (QED) is 0.823. The number of hydrogen-bond donors (Lipinski definition) is 1. The Morgan fingerprint density at radius 2 is 1.63 bits per heavy atom. The lowest BCUT2D eigenvalue weighted by Gasteiger charge is -2.35.